The molecule has 1 aromatic heterocycles. The SMILES string of the molecule is O=Cc1cc(-c2ccc([N+](=O)[O-])cc2)on1. The van der Waals surface area contributed by atoms with Gasteiger partial charge in [0.05, 0.1) is 4.92 Å². The van der Waals surface area contributed by atoms with Crippen LogP contribution in [0.3, 0.4) is 0 Å². The molecule has 0 spiro atoms. The molecule has 1 aromatic carbocycles. The number of nitrogens with zero attached hydrogens (tertiary/aromatic N) is 2. The normalized spacial score (nSPS) is 10.0. The Morgan fingerprint density at radius 2 is 2.00 bits per heavy atom. The quantitative estimate of drug-likeness (QED) is 0.447. The number of nitro groups is 1. The van der Waals surface area contributed by atoms with Crippen LogP contribution in [0.25, 0.3) is 11.3 Å². The van der Waals surface area contributed by atoms with E-state index >= 15 is 0 Å². The number of carbonyl (C=O) groups is 1. The van der Waals surface area contributed by atoms with Gasteiger partial charge in [-0.2, -0.15) is 0 Å². The number of non-ortho nitro benzene ring substituents is 1. The van der Waals surface area contributed by atoms with Crippen molar-refractivity contribution >= 4 is 12.0 Å². The number of hydrogen-bond acceptors (Lipinski definition) is 5. The van der Waals surface area contributed by atoms with Crippen LogP contribution in [0, 0.1) is 10.1 Å². The van der Waals surface area contributed by atoms with E-state index in [4.69, 9.17) is 4.52 Å². The molecule has 0 unspecified atom stereocenters. The standard InChI is InChI=1S/C10H6N2O4/c13-6-8-5-10(16-11-8)7-1-3-9(4-2-7)12(14)15/h1-6H. The largest absolute Gasteiger partial charge is 0.356 e. The lowest BCUT2D eigenvalue weighted by Gasteiger charge is -1.94. The van der Waals surface area contributed by atoms with Gasteiger partial charge < -0.3 is 4.52 Å². The number of rotatable bonds is 3. The van der Waals surface area contributed by atoms with Gasteiger partial charge in [0.2, 0.25) is 0 Å². The van der Waals surface area contributed by atoms with Crippen LogP contribution in [0.5, 0.6) is 0 Å². The molecular formula is C10H6N2O4. The summed E-state index contributed by atoms with van der Waals surface area (Å²) in [6.45, 7) is 0. The van der Waals surface area contributed by atoms with E-state index in [1.54, 1.807) is 0 Å². The van der Waals surface area contributed by atoms with Gasteiger partial charge in [0, 0.05) is 23.8 Å². The van der Waals surface area contributed by atoms with Crippen molar-refractivity contribution in [1.29, 1.82) is 0 Å². The van der Waals surface area contributed by atoms with E-state index in [1.165, 1.54) is 30.3 Å². The van der Waals surface area contributed by atoms with Crippen molar-refractivity contribution in [2.45, 2.75) is 0 Å². The van der Waals surface area contributed by atoms with Crippen molar-refractivity contribution in [2.24, 2.45) is 0 Å². The molecule has 2 rings (SSSR count). The maximum absolute atomic E-state index is 10.4. The van der Waals surface area contributed by atoms with Gasteiger partial charge in [-0.25, -0.2) is 0 Å². The Balaban J connectivity index is 2.34. The van der Waals surface area contributed by atoms with Crippen molar-refractivity contribution in [3.63, 3.8) is 0 Å². The van der Waals surface area contributed by atoms with E-state index in [9.17, 15) is 14.9 Å². The highest BCUT2D eigenvalue weighted by molar-refractivity contribution is 5.74. The molecule has 0 aliphatic carbocycles. The van der Waals surface area contributed by atoms with Crippen molar-refractivity contribution in [3.05, 3.63) is 46.1 Å². The lowest BCUT2D eigenvalue weighted by molar-refractivity contribution is -0.384. The molecule has 2 aromatic rings. The minimum Gasteiger partial charge on any atom is -0.356 e. The van der Waals surface area contributed by atoms with Crippen molar-refractivity contribution < 1.29 is 14.2 Å². The van der Waals surface area contributed by atoms with E-state index in [0.717, 1.165) is 0 Å². The Bertz CT molecular complexity index is 530. The van der Waals surface area contributed by atoms with Gasteiger partial charge in [-0.15, -0.1) is 0 Å². The van der Waals surface area contributed by atoms with E-state index in [2.05, 4.69) is 5.16 Å². The molecule has 0 radical (unpaired) electrons. The average Bonchev–Trinajstić information content (AvgIpc) is 2.77. The van der Waals surface area contributed by atoms with E-state index in [1.807, 2.05) is 0 Å². The molecule has 6 nitrogen and oxygen atoms in total. The van der Waals surface area contributed by atoms with Gasteiger partial charge in [-0.05, 0) is 12.1 Å². The average molecular weight is 218 g/mol. The van der Waals surface area contributed by atoms with Crippen molar-refractivity contribution in [2.75, 3.05) is 0 Å². The van der Waals surface area contributed by atoms with Gasteiger partial charge >= 0.3 is 0 Å². The molecule has 0 bridgehead atoms. The Kier molecular flexibility index (Phi) is 2.47. The minimum atomic E-state index is -0.485. The molecule has 1 heterocycles. The van der Waals surface area contributed by atoms with E-state index < -0.39 is 4.92 Å². The summed E-state index contributed by atoms with van der Waals surface area (Å²) in [5.74, 6) is 0.400. The van der Waals surface area contributed by atoms with Crippen molar-refractivity contribution in [3.8, 4) is 11.3 Å². The highest BCUT2D eigenvalue weighted by Gasteiger charge is 2.08. The molecule has 0 atom stereocenters. The predicted octanol–water partition coefficient (Wildman–Crippen LogP) is 2.06. The smallest absolute Gasteiger partial charge is 0.269 e. The molecule has 0 aliphatic rings. The predicted molar refractivity (Wildman–Crippen MR) is 54.0 cm³/mol. The molecule has 0 saturated carbocycles. The lowest BCUT2D eigenvalue weighted by Crippen LogP contribution is -1.86. The first kappa shape index (κ1) is 10.0. The topological polar surface area (TPSA) is 86.2 Å². The van der Waals surface area contributed by atoms with Crippen molar-refractivity contribution in [1.82, 2.24) is 5.16 Å². The van der Waals surface area contributed by atoms with Crippen LogP contribution >= 0.6 is 0 Å². The maximum Gasteiger partial charge on any atom is 0.269 e. The van der Waals surface area contributed by atoms with Crippen LogP contribution in [0.15, 0.2) is 34.9 Å². The fourth-order valence-electron chi connectivity index (χ4n) is 1.23. The van der Waals surface area contributed by atoms with E-state index in [-0.39, 0.29) is 11.4 Å². The molecule has 6 heteroatoms. The number of hydrogen-bond donors (Lipinski definition) is 0. The summed E-state index contributed by atoms with van der Waals surface area (Å²) < 4.78 is 4.89. The molecule has 0 fully saturated rings. The number of aldehydes is 1. The second-order valence-electron chi connectivity index (χ2n) is 3.04. The fourth-order valence-corrected chi connectivity index (χ4v) is 1.23. The van der Waals surface area contributed by atoms with Crippen LogP contribution in [-0.2, 0) is 0 Å². The number of carbonyl (C=O) groups excluding carboxylic acids is 1. The number of benzene rings is 1. The fraction of sp³-hybridized carbons (Fsp3) is 0. The summed E-state index contributed by atoms with van der Waals surface area (Å²) in [4.78, 5) is 20.3. The van der Waals surface area contributed by atoms with Gasteiger partial charge in [0.25, 0.3) is 5.69 Å². The zero-order valence-electron chi connectivity index (χ0n) is 7.99. The summed E-state index contributed by atoms with van der Waals surface area (Å²) in [6, 6.07) is 7.26. The van der Waals surface area contributed by atoms with Gasteiger partial charge in [0.15, 0.2) is 12.0 Å². The molecule has 0 saturated heterocycles. The minimum absolute atomic E-state index is 0.00104. The highest BCUT2D eigenvalue weighted by Crippen LogP contribution is 2.22. The zero-order chi connectivity index (χ0) is 11.5. The monoisotopic (exact) mass is 218 g/mol. The van der Waals surface area contributed by atoms with Gasteiger partial charge in [-0.1, -0.05) is 5.16 Å². The lowest BCUT2D eigenvalue weighted by atomic mass is 10.1. The zero-order valence-corrected chi connectivity index (χ0v) is 7.99. The molecule has 0 N–H and O–H groups in total. The number of nitro benzene ring substituents is 1. The maximum atomic E-state index is 10.4. The summed E-state index contributed by atoms with van der Waals surface area (Å²) in [7, 11) is 0. The first-order chi connectivity index (χ1) is 7.70. The Labute approximate surface area is 89.6 Å². The van der Waals surface area contributed by atoms with E-state index in [0.29, 0.717) is 17.6 Å². The molecule has 0 aliphatic heterocycles. The highest BCUT2D eigenvalue weighted by atomic mass is 16.6. The third-order valence-corrected chi connectivity index (χ3v) is 2.01. The van der Waals surface area contributed by atoms with Gasteiger partial charge in [-0.3, -0.25) is 14.9 Å². The van der Waals surface area contributed by atoms with Crippen LogP contribution in [-0.4, -0.2) is 16.4 Å². The van der Waals surface area contributed by atoms with Crippen LogP contribution < -0.4 is 0 Å². The summed E-state index contributed by atoms with van der Waals surface area (Å²) in [5.41, 5.74) is 0.818. The van der Waals surface area contributed by atoms with Crippen LogP contribution in [0.4, 0.5) is 5.69 Å². The summed E-state index contributed by atoms with van der Waals surface area (Å²) >= 11 is 0. The van der Waals surface area contributed by atoms with Crippen LogP contribution in [0.2, 0.25) is 0 Å². The third-order valence-electron chi connectivity index (χ3n) is 2.01. The Morgan fingerprint density at radius 3 is 2.50 bits per heavy atom. The molecule has 80 valence electrons. The summed E-state index contributed by atoms with van der Waals surface area (Å²) in [6.07, 6.45) is 0.568. The van der Waals surface area contributed by atoms with Gasteiger partial charge in [0.1, 0.15) is 5.69 Å². The number of aromatic nitrogens is 1. The Morgan fingerprint density at radius 1 is 1.31 bits per heavy atom. The first-order valence-electron chi connectivity index (χ1n) is 4.37. The molecule has 16 heavy (non-hydrogen) atoms. The molecule has 0 amide bonds. The summed E-state index contributed by atoms with van der Waals surface area (Å²) in [5, 5.41) is 13.9. The second-order valence-corrected chi connectivity index (χ2v) is 3.04. The molecular weight excluding hydrogens is 212 g/mol. The Hall–Kier alpha value is -2.50. The second kappa shape index (κ2) is 3.93. The van der Waals surface area contributed by atoms with Crippen LogP contribution in [0.1, 0.15) is 10.5 Å². The third kappa shape index (κ3) is 1.81. The first-order valence-corrected chi connectivity index (χ1v) is 4.37.